The number of ether oxygens (including phenoxy) is 3. The molecule has 0 aliphatic heterocycles. The van der Waals surface area contributed by atoms with Crippen LogP contribution >= 0.6 is 0 Å². The number of nitrogens with one attached hydrogen (secondary N) is 1. The van der Waals surface area contributed by atoms with Gasteiger partial charge in [0.2, 0.25) is 0 Å². The van der Waals surface area contributed by atoms with E-state index in [2.05, 4.69) is 5.32 Å². The quantitative estimate of drug-likeness (QED) is 0.696. The Balaban J connectivity index is 1.66. The summed E-state index contributed by atoms with van der Waals surface area (Å²) in [6.07, 6.45) is 0.782. The Kier molecular flexibility index (Phi) is 7.49. The van der Waals surface area contributed by atoms with Crippen molar-refractivity contribution in [2.24, 2.45) is 0 Å². The van der Waals surface area contributed by atoms with Crippen LogP contribution < -0.4 is 14.8 Å². The summed E-state index contributed by atoms with van der Waals surface area (Å²) in [7, 11) is 3.18. The van der Waals surface area contributed by atoms with Crippen LogP contribution in [0.2, 0.25) is 0 Å². The second kappa shape index (κ2) is 10.1. The first-order valence-corrected chi connectivity index (χ1v) is 8.29. The minimum Gasteiger partial charge on any atom is -0.497 e. The number of hydrogen-bond donors (Lipinski definition) is 1. The fourth-order valence-electron chi connectivity index (χ4n) is 2.34. The van der Waals surface area contributed by atoms with Crippen LogP contribution in [0.1, 0.15) is 11.1 Å². The molecule has 2 aromatic carbocycles. The number of benzene rings is 2. The van der Waals surface area contributed by atoms with Crippen molar-refractivity contribution in [3.63, 3.8) is 0 Å². The highest BCUT2D eigenvalue weighted by Crippen LogP contribution is 2.13. The number of rotatable bonds is 9. The number of esters is 1. The van der Waals surface area contributed by atoms with Gasteiger partial charge in [-0.2, -0.15) is 0 Å². The van der Waals surface area contributed by atoms with Gasteiger partial charge in [0, 0.05) is 6.54 Å². The summed E-state index contributed by atoms with van der Waals surface area (Å²) in [6, 6.07) is 14.8. The van der Waals surface area contributed by atoms with Gasteiger partial charge in [-0.1, -0.05) is 24.3 Å². The van der Waals surface area contributed by atoms with E-state index in [4.69, 9.17) is 14.2 Å². The summed E-state index contributed by atoms with van der Waals surface area (Å²) in [5, 5.41) is 2.73. The Bertz CT molecular complexity index is 727. The minimum atomic E-state index is -0.455. The normalized spacial score (nSPS) is 10.1. The molecule has 2 rings (SSSR count). The molecular weight excluding hydrogens is 334 g/mol. The average Bonchev–Trinajstić information content (AvgIpc) is 2.67. The van der Waals surface area contributed by atoms with Crippen molar-refractivity contribution < 1.29 is 23.8 Å². The first-order valence-electron chi connectivity index (χ1n) is 8.29. The summed E-state index contributed by atoms with van der Waals surface area (Å²) < 4.78 is 15.2. The Morgan fingerprint density at radius 3 is 2.35 bits per heavy atom. The van der Waals surface area contributed by atoms with Gasteiger partial charge in [-0.25, -0.2) is 0 Å². The maximum absolute atomic E-state index is 11.8. The highest BCUT2D eigenvalue weighted by Gasteiger charge is 2.09. The summed E-state index contributed by atoms with van der Waals surface area (Å²) in [6.45, 7) is 0.185. The molecule has 0 unspecified atom stereocenters. The van der Waals surface area contributed by atoms with Gasteiger partial charge < -0.3 is 19.5 Å². The monoisotopic (exact) mass is 357 g/mol. The van der Waals surface area contributed by atoms with Crippen molar-refractivity contribution in [2.75, 3.05) is 27.4 Å². The van der Waals surface area contributed by atoms with Crippen LogP contribution in [-0.4, -0.2) is 39.2 Å². The molecule has 2 aromatic rings. The van der Waals surface area contributed by atoms with Gasteiger partial charge in [0.1, 0.15) is 11.5 Å². The fraction of sp³-hybridized carbons (Fsp3) is 0.300. The van der Waals surface area contributed by atoms with Crippen molar-refractivity contribution in [1.29, 1.82) is 0 Å². The third-order valence-electron chi connectivity index (χ3n) is 3.74. The molecule has 0 aliphatic rings. The largest absolute Gasteiger partial charge is 0.497 e. The van der Waals surface area contributed by atoms with Gasteiger partial charge in [0.25, 0.3) is 5.91 Å². The zero-order valence-corrected chi connectivity index (χ0v) is 15.0. The van der Waals surface area contributed by atoms with Gasteiger partial charge >= 0.3 is 5.97 Å². The molecule has 0 radical (unpaired) electrons. The molecule has 0 aromatic heterocycles. The molecule has 0 aliphatic carbocycles. The van der Waals surface area contributed by atoms with Crippen LogP contribution in [0.4, 0.5) is 0 Å². The van der Waals surface area contributed by atoms with Gasteiger partial charge in [-0.3, -0.25) is 9.59 Å². The van der Waals surface area contributed by atoms with E-state index in [1.165, 1.54) is 0 Å². The van der Waals surface area contributed by atoms with E-state index in [-0.39, 0.29) is 18.9 Å². The van der Waals surface area contributed by atoms with Gasteiger partial charge in [-0.05, 0) is 41.8 Å². The van der Waals surface area contributed by atoms with E-state index in [1.807, 2.05) is 24.3 Å². The third-order valence-corrected chi connectivity index (χ3v) is 3.74. The molecular formula is C20H23NO5. The molecule has 26 heavy (non-hydrogen) atoms. The lowest BCUT2D eigenvalue weighted by Crippen LogP contribution is -2.30. The second-order valence-corrected chi connectivity index (χ2v) is 5.64. The molecule has 0 spiro atoms. The molecule has 138 valence electrons. The van der Waals surface area contributed by atoms with Crippen LogP contribution in [0.15, 0.2) is 48.5 Å². The molecule has 6 nitrogen and oxygen atoms in total. The zero-order chi connectivity index (χ0) is 18.8. The summed E-state index contributed by atoms with van der Waals surface area (Å²) >= 11 is 0. The van der Waals surface area contributed by atoms with Crippen LogP contribution in [0.3, 0.4) is 0 Å². The summed E-state index contributed by atoms with van der Waals surface area (Å²) in [5.41, 5.74) is 1.86. The molecule has 1 N–H and O–H groups in total. The molecule has 1 amide bonds. The topological polar surface area (TPSA) is 73.9 Å². The standard InChI is InChI=1S/C20H23NO5/c1-24-17-8-6-15(7-9-17)10-11-21-19(22)14-26-20(23)13-16-4-3-5-18(12-16)25-2/h3-9,12H,10-11,13-14H2,1-2H3,(H,21,22). The van der Waals surface area contributed by atoms with E-state index < -0.39 is 5.97 Å². The number of hydrogen-bond acceptors (Lipinski definition) is 5. The van der Waals surface area contributed by atoms with Crippen molar-refractivity contribution in [3.05, 3.63) is 59.7 Å². The van der Waals surface area contributed by atoms with E-state index in [9.17, 15) is 9.59 Å². The van der Waals surface area contributed by atoms with Crippen molar-refractivity contribution in [2.45, 2.75) is 12.8 Å². The summed E-state index contributed by atoms with van der Waals surface area (Å²) in [4.78, 5) is 23.6. The molecule has 0 saturated carbocycles. The van der Waals surface area contributed by atoms with E-state index in [1.54, 1.807) is 38.5 Å². The van der Waals surface area contributed by atoms with E-state index in [0.29, 0.717) is 18.7 Å². The first-order chi connectivity index (χ1) is 12.6. The van der Waals surface area contributed by atoms with Crippen molar-refractivity contribution >= 4 is 11.9 Å². The van der Waals surface area contributed by atoms with Crippen molar-refractivity contribution in [3.8, 4) is 11.5 Å². The SMILES string of the molecule is COc1ccc(CCNC(=O)COC(=O)Cc2cccc(OC)c2)cc1. The smallest absolute Gasteiger partial charge is 0.310 e. The predicted octanol–water partition coefficient (Wildman–Crippen LogP) is 2.15. The number of carbonyl (C=O) groups is 2. The van der Waals surface area contributed by atoms with Gasteiger partial charge in [-0.15, -0.1) is 0 Å². The Labute approximate surface area is 153 Å². The van der Waals surface area contributed by atoms with E-state index in [0.717, 1.165) is 16.9 Å². The minimum absolute atomic E-state index is 0.0936. The molecule has 0 atom stereocenters. The average molecular weight is 357 g/mol. The van der Waals surface area contributed by atoms with Gasteiger partial charge in [0.05, 0.1) is 20.6 Å². The third kappa shape index (κ3) is 6.47. The highest BCUT2D eigenvalue weighted by atomic mass is 16.5. The molecule has 6 heteroatoms. The molecule has 0 fully saturated rings. The number of methoxy groups -OCH3 is 2. The lowest BCUT2D eigenvalue weighted by Gasteiger charge is -2.08. The maximum Gasteiger partial charge on any atom is 0.310 e. The number of amides is 1. The predicted molar refractivity (Wildman–Crippen MR) is 97.4 cm³/mol. The highest BCUT2D eigenvalue weighted by molar-refractivity contribution is 5.81. The Hall–Kier alpha value is -3.02. The van der Waals surface area contributed by atoms with Crippen LogP contribution in [0, 0.1) is 0 Å². The van der Waals surface area contributed by atoms with Crippen LogP contribution in [-0.2, 0) is 27.2 Å². The van der Waals surface area contributed by atoms with Crippen molar-refractivity contribution in [1.82, 2.24) is 5.32 Å². The maximum atomic E-state index is 11.8. The van der Waals surface area contributed by atoms with Crippen LogP contribution in [0.5, 0.6) is 11.5 Å². The molecule has 0 heterocycles. The summed E-state index contributed by atoms with van der Waals surface area (Å²) in [5.74, 6) is 0.688. The first kappa shape index (κ1) is 19.3. The lowest BCUT2D eigenvalue weighted by molar-refractivity contribution is -0.147. The van der Waals surface area contributed by atoms with Crippen LogP contribution in [0.25, 0.3) is 0 Å². The number of carbonyl (C=O) groups excluding carboxylic acids is 2. The fourth-order valence-corrected chi connectivity index (χ4v) is 2.34. The zero-order valence-electron chi connectivity index (χ0n) is 15.0. The lowest BCUT2D eigenvalue weighted by atomic mass is 10.1. The molecule has 0 bridgehead atoms. The second-order valence-electron chi connectivity index (χ2n) is 5.64. The van der Waals surface area contributed by atoms with E-state index >= 15 is 0 Å². The Morgan fingerprint density at radius 2 is 1.65 bits per heavy atom. The van der Waals surface area contributed by atoms with Gasteiger partial charge in [0.15, 0.2) is 6.61 Å². The molecule has 0 saturated heterocycles. The Morgan fingerprint density at radius 1 is 0.923 bits per heavy atom.